The Kier molecular flexibility index (Phi) is 4.17. The number of halogens is 3. The van der Waals surface area contributed by atoms with Crippen LogP contribution < -0.4 is 0 Å². The molecule has 0 aromatic carbocycles. The van der Waals surface area contributed by atoms with E-state index in [2.05, 4.69) is 4.98 Å². The van der Waals surface area contributed by atoms with Gasteiger partial charge in [0.15, 0.2) is 9.84 Å². The van der Waals surface area contributed by atoms with E-state index in [1.54, 1.807) is 4.90 Å². The highest BCUT2D eigenvalue weighted by Gasteiger charge is 2.69. The first-order chi connectivity index (χ1) is 11.7. The van der Waals surface area contributed by atoms with Gasteiger partial charge in [0.2, 0.25) is 0 Å². The van der Waals surface area contributed by atoms with Crippen molar-refractivity contribution in [3.05, 3.63) is 16.1 Å². The number of likely N-dealkylation sites (tertiary alicyclic amines) is 1. The summed E-state index contributed by atoms with van der Waals surface area (Å²) in [7, 11) is -3.70. The molecule has 3 atom stereocenters. The van der Waals surface area contributed by atoms with E-state index < -0.39 is 26.7 Å². The van der Waals surface area contributed by atoms with E-state index in [1.807, 2.05) is 5.38 Å². The molecule has 3 aliphatic rings. The molecule has 1 aromatic heterocycles. The van der Waals surface area contributed by atoms with E-state index >= 15 is 0 Å². The average molecular weight is 396 g/mol. The van der Waals surface area contributed by atoms with Crippen molar-refractivity contribution in [2.45, 2.75) is 43.3 Å². The van der Waals surface area contributed by atoms with Crippen LogP contribution in [0.5, 0.6) is 0 Å². The first kappa shape index (κ1) is 17.7. The van der Waals surface area contributed by atoms with Crippen molar-refractivity contribution in [2.75, 3.05) is 25.4 Å². The molecule has 1 aromatic rings. The molecule has 0 radical (unpaired) electrons. The molecule has 0 bridgehead atoms. The Labute approximate surface area is 148 Å². The highest BCUT2D eigenvalue weighted by Crippen LogP contribution is 2.54. The number of thiazole rings is 1. The van der Waals surface area contributed by atoms with Crippen molar-refractivity contribution in [2.24, 2.45) is 5.41 Å². The topological polar surface area (TPSA) is 59.5 Å². The zero-order valence-electron chi connectivity index (χ0n) is 13.5. The van der Waals surface area contributed by atoms with Gasteiger partial charge in [-0.2, -0.15) is 13.2 Å². The van der Waals surface area contributed by atoms with Gasteiger partial charge in [0.05, 0.1) is 22.1 Å². The van der Waals surface area contributed by atoms with Crippen LogP contribution in [0.2, 0.25) is 0 Å². The fraction of sp³-hybridized carbons (Fsp3) is 0.800. The second kappa shape index (κ2) is 5.90. The smallest absolute Gasteiger partial charge is 0.371 e. The van der Waals surface area contributed by atoms with Gasteiger partial charge < -0.3 is 4.74 Å². The van der Waals surface area contributed by atoms with Gasteiger partial charge in [0, 0.05) is 31.6 Å². The lowest BCUT2D eigenvalue weighted by atomic mass is 9.83. The largest absolute Gasteiger partial charge is 0.397 e. The minimum absolute atomic E-state index is 0.0152. The monoisotopic (exact) mass is 396 g/mol. The third-order valence-corrected chi connectivity index (χ3v) is 8.76. The predicted octanol–water partition coefficient (Wildman–Crippen LogP) is 2.55. The normalized spacial score (nSPS) is 35.3. The minimum atomic E-state index is -4.51. The van der Waals surface area contributed by atoms with E-state index in [9.17, 15) is 21.6 Å². The van der Waals surface area contributed by atoms with E-state index in [1.165, 1.54) is 11.3 Å². The number of nitrogens with zero attached hydrogens (tertiary/aromatic N) is 2. The fourth-order valence-electron chi connectivity index (χ4n) is 4.22. The highest BCUT2D eigenvalue weighted by molar-refractivity contribution is 7.92. The first-order valence-corrected chi connectivity index (χ1v) is 10.9. The van der Waals surface area contributed by atoms with Crippen molar-refractivity contribution in [3.63, 3.8) is 0 Å². The maximum atomic E-state index is 13.6. The van der Waals surface area contributed by atoms with Gasteiger partial charge in [-0.05, 0) is 19.3 Å². The summed E-state index contributed by atoms with van der Waals surface area (Å²) in [5.74, 6) is -0.370. The van der Waals surface area contributed by atoms with E-state index in [4.69, 9.17) is 4.74 Å². The standard InChI is InChI=1S/C15H19F3N2O3S2/c16-15(17,18)14-3-5-25(21,22)12(14)7-20(9-14)6-10-8-24-13(19-10)11-2-1-4-23-11/h8,11-12H,1-7,9H2/t11?,12-,14-/m0/s1. The molecule has 3 saturated heterocycles. The van der Waals surface area contributed by atoms with Crippen LogP contribution in [-0.2, 0) is 21.1 Å². The molecule has 0 saturated carbocycles. The molecule has 3 aliphatic heterocycles. The first-order valence-electron chi connectivity index (χ1n) is 8.28. The lowest BCUT2D eigenvalue weighted by Crippen LogP contribution is -2.45. The van der Waals surface area contributed by atoms with Crippen LogP contribution in [0.4, 0.5) is 13.2 Å². The van der Waals surface area contributed by atoms with Gasteiger partial charge in [0.1, 0.15) is 11.1 Å². The van der Waals surface area contributed by atoms with Crippen molar-refractivity contribution < 1.29 is 26.3 Å². The molecule has 3 fully saturated rings. The summed E-state index contributed by atoms with van der Waals surface area (Å²) in [5, 5.41) is 1.33. The third-order valence-electron chi connectivity index (χ3n) is 5.54. The molecule has 0 N–H and O–H groups in total. The summed E-state index contributed by atoms with van der Waals surface area (Å²) in [4.78, 5) is 6.08. The van der Waals surface area contributed by atoms with Crippen molar-refractivity contribution in [1.29, 1.82) is 0 Å². The number of alkyl halides is 3. The SMILES string of the molecule is O=S1(=O)CC[C@]2(C(F)(F)F)CN(Cc3csc(C4CCCO4)n3)C[C@@H]21. The number of hydrogen-bond acceptors (Lipinski definition) is 6. The number of sulfone groups is 1. The molecule has 4 heterocycles. The summed E-state index contributed by atoms with van der Waals surface area (Å²) in [6.45, 7) is 0.605. The lowest BCUT2D eigenvalue weighted by Gasteiger charge is -2.30. The van der Waals surface area contributed by atoms with Crippen LogP contribution in [0, 0.1) is 5.41 Å². The molecule has 0 amide bonds. The predicted molar refractivity (Wildman–Crippen MR) is 86.0 cm³/mol. The van der Waals surface area contributed by atoms with Gasteiger partial charge in [0.25, 0.3) is 0 Å². The highest BCUT2D eigenvalue weighted by atomic mass is 32.2. The number of rotatable bonds is 3. The Hall–Kier alpha value is -0.710. The maximum absolute atomic E-state index is 13.6. The van der Waals surface area contributed by atoms with Gasteiger partial charge in [-0.3, -0.25) is 4.90 Å². The van der Waals surface area contributed by atoms with Crippen LogP contribution in [0.3, 0.4) is 0 Å². The van der Waals surface area contributed by atoms with E-state index in [-0.39, 0.29) is 37.9 Å². The molecule has 10 heteroatoms. The summed E-state index contributed by atoms with van der Waals surface area (Å²) in [6.07, 6.45) is -2.97. The number of hydrogen-bond donors (Lipinski definition) is 0. The third kappa shape index (κ3) is 2.90. The Morgan fingerprint density at radius 2 is 2.24 bits per heavy atom. The summed E-state index contributed by atoms with van der Waals surface area (Å²) < 4.78 is 70.8. The lowest BCUT2D eigenvalue weighted by molar-refractivity contribution is -0.216. The van der Waals surface area contributed by atoms with Crippen LogP contribution in [0.1, 0.15) is 36.1 Å². The van der Waals surface area contributed by atoms with E-state index in [0.717, 1.165) is 17.8 Å². The maximum Gasteiger partial charge on any atom is 0.397 e. The fourth-order valence-corrected chi connectivity index (χ4v) is 7.49. The minimum Gasteiger partial charge on any atom is -0.371 e. The number of aromatic nitrogens is 1. The average Bonchev–Trinajstić information content (AvgIpc) is 3.25. The van der Waals surface area contributed by atoms with E-state index in [0.29, 0.717) is 12.3 Å². The molecule has 0 spiro atoms. The van der Waals surface area contributed by atoms with Crippen LogP contribution in [0.25, 0.3) is 0 Å². The summed E-state index contributed by atoms with van der Waals surface area (Å²) in [6, 6.07) is 0. The zero-order chi connectivity index (χ0) is 17.9. The van der Waals surface area contributed by atoms with Crippen LogP contribution in [-0.4, -0.2) is 55.2 Å². The van der Waals surface area contributed by atoms with Gasteiger partial charge in [-0.15, -0.1) is 11.3 Å². The van der Waals surface area contributed by atoms with Crippen LogP contribution >= 0.6 is 11.3 Å². The quantitative estimate of drug-likeness (QED) is 0.786. The number of ether oxygens (including phenoxy) is 1. The van der Waals surface area contributed by atoms with Gasteiger partial charge in [-0.1, -0.05) is 0 Å². The molecule has 5 nitrogen and oxygen atoms in total. The Morgan fingerprint density at radius 3 is 2.88 bits per heavy atom. The molecule has 25 heavy (non-hydrogen) atoms. The molecule has 140 valence electrons. The Bertz CT molecular complexity index is 758. The van der Waals surface area contributed by atoms with Crippen molar-refractivity contribution >= 4 is 21.2 Å². The Morgan fingerprint density at radius 1 is 1.44 bits per heavy atom. The van der Waals surface area contributed by atoms with Crippen molar-refractivity contribution in [3.8, 4) is 0 Å². The molecule has 1 unspecified atom stereocenters. The van der Waals surface area contributed by atoms with Gasteiger partial charge >= 0.3 is 6.18 Å². The van der Waals surface area contributed by atoms with Crippen molar-refractivity contribution in [1.82, 2.24) is 9.88 Å². The summed E-state index contributed by atoms with van der Waals surface area (Å²) >= 11 is 1.45. The summed E-state index contributed by atoms with van der Waals surface area (Å²) in [5.41, 5.74) is -1.44. The molecular formula is C15H19F3N2O3S2. The van der Waals surface area contributed by atoms with Crippen LogP contribution in [0.15, 0.2) is 5.38 Å². The van der Waals surface area contributed by atoms with Gasteiger partial charge in [-0.25, -0.2) is 13.4 Å². The Balaban J connectivity index is 1.52. The zero-order valence-corrected chi connectivity index (χ0v) is 15.1. The second-order valence-electron chi connectivity index (χ2n) is 7.11. The second-order valence-corrected chi connectivity index (χ2v) is 10.3. The molecular weight excluding hydrogens is 377 g/mol. The molecule has 4 rings (SSSR count). The number of fused-ring (bicyclic) bond motifs is 1. The molecule has 0 aliphatic carbocycles.